The lowest BCUT2D eigenvalue weighted by Gasteiger charge is -2.26. The van der Waals surface area contributed by atoms with Crippen molar-refractivity contribution in [2.24, 2.45) is 0 Å². The third-order valence-electron chi connectivity index (χ3n) is 5.30. The number of benzene rings is 2. The first-order valence-electron chi connectivity index (χ1n) is 9.39. The predicted molar refractivity (Wildman–Crippen MR) is 110 cm³/mol. The zero-order valence-corrected chi connectivity index (χ0v) is 17.0. The Morgan fingerprint density at radius 1 is 1.14 bits per heavy atom. The minimum absolute atomic E-state index is 0.0729. The van der Waals surface area contributed by atoms with Gasteiger partial charge in [0.05, 0.1) is 19.2 Å². The van der Waals surface area contributed by atoms with Gasteiger partial charge in [-0.05, 0) is 42.0 Å². The number of fused-ring (bicyclic) bond motifs is 2. The molecule has 3 atom stereocenters. The first-order chi connectivity index (χ1) is 14.1. The summed E-state index contributed by atoms with van der Waals surface area (Å²) in [5, 5.41) is 5.48. The Labute approximate surface area is 177 Å². The van der Waals surface area contributed by atoms with Gasteiger partial charge in [0.2, 0.25) is 6.29 Å². The fraction of sp³-hybridized carbons (Fsp3) is 0.286. The van der Waals surface area contributed by atoms with Gasteiger partial charge < -0.3 is 9.47 Å². The fourth-order valence-electron chi connectivity index (χ4n) is 3.82. The molecule has 2 aliphatic rings. The molecule has 2 saturated heterocycles. The summed E-state index contributed by atoms with van der Waals surface area (Å²) in [6.45, 7) is 0.938. The minimum atomic E-state index is -0.743. The van der Waals surface area contributed by atoms with Crippen molar-refractivity contribution in [3.8, 4) is 11.4 Å². The van der Waals surface area contributed by atoms with Gasteiger partial charge in [-0.1, -0.05) is 41.9 Å². The highest BCUT2D eigenvalue weighted by Crippen LogP contribution is 2.34. The van der Waals surface area contributed by atoms with Gasteiger partial charge in [-0.2, -0.15) is 5.10 Å². The van der Waals surface area contributed by atoms with Gasteiger partial charge in [0.25, 0.3) is 0 Å². The topological polar surface area (TPSA) is 58.3 Å². The highest BCUT2D eigenvalue weighted by molar-refractivity contribution is 7.71. The van der Waals surface area contributed by atoms with Crippen LogP contribution >= 0.6 is 23.8 Å². The third kappa shape index (κ3) is 3.44. The molecular weight excluding hydrogens is 410 g/mol. The summed E-state index contributed by atoms with van der Waals surface area (Å²) in [6, 6.07) is 17.3. The normalized spacial score (nSPS) is 23.5. The molecule has 148 valence electrons. The van der Waals surface area contributed by atoms with Crippen LogP contribution in [0.25, 0.3) is 11.4 Å². The highest BCUT2D eigenvalue weighted by atomic mass is 35.5. The molecule has 1 aromatic heterocycles. The largest absolute Gasteiger partial charge is 0.343 e. The van der Waals surface area contributed by atoms with E-state index in [1.54, 1.807) is 4.68 Å². The molecular formula is C21H18ClN3O3S. The van der Waals surface area contributed by atoms with E-state index in [0.717, 1.165) is 17.0 Å². The van der Waals surface area contributed by atoms with Crippen LogP contribution in [0.15, 0.2) is 54.6 Å². The molecule has 2 aromatic carbocycles. The van der Waals surface area contributed by atoms with Crippen LogP contribution in [0.2, 0.25) is 5.02 Å². The molecule has 2 aliphatic heterocycles. The van der Waals surface area contributed by atoms with E-state index >= 15 is 0 Å². The fourth-order valence-corrected chi connectivity index (χ4v) is 4.27. The van der Waals surface area contributed by atoms with E-state index in [-0.39, 0.29) is 17.9 Å². The van der Waals surface area contributed by atoms with E-state index in [2.05, 4.69) is 0 Å². The number of rotatable bonds is 4. The van der Waals surface area contributed by atoms with Crippen molar-refractivity contribution in [1.29, 1.82) is 0 Å². The summed E-state index contributed by atoms with van der Waals surface area (Å²) in [5.74, 6) is 0.653. The Hall–Kier alpha value is -2.32. The van der Waals surface area contributed by atoms with Crippen LogP contribution in [0.5, 0.6) is 0 Å². The van der Waals surface area contributed by atoms with Crippen molar-refractivity contribution in [2.75, 3.05) is 6.61 Å². The number of hydrogen-bond donors (Lipinski definition) is 0. The van der Waals surface area contributed by atoms with Crippen LogP contribution < -0.4 is 0 Å². The standard InChI is InChI=1S/C21H18ClN3O3S/c22-15-8-6-14(7-9-15)19-23-25(16-10-17(26)20-27-12-18(16)28-20)21(29)24(19)11-13-4-2-1-3-5-13/h1-9,16,18,20H,10-12H2/t16-,18-,20-/m0/s1. The number of carbonyl (C=O) groups is 1. The summed E-state index contributed by atoms with van der Waals surface area (Å²) in [7, 11) is 0. The van der Waals surface area contributed by atoms with Crippen LogP contribution in [0, 0.1) is 4.77 Å². The first kappa shape index (κ1) is 18.7. The van der Waals surface area contributed by atoms with Crippen LogP contribution in [0.4, 0.5) is 0 Å². The van der Waals surface area contributed by atoms with Gasteiger partial charge in [0.1, 0.15) is 6.10 Å². The Bertz CT molecular complexity index is 1110. The number of aromatic nitrogens is 3. The SMILES string of the molecule is O=C1C[C@H](n2nc(-c3ccc(Cl)cc3)n(Cc3ccccc3)c2=S)[C@@H]2CO[C@H]1O2. The maximum absolute atomic E-state index is 12.3. The number of halogens is 1. The molecule has 6 nitrogen and oxygen atoms in total. The summed E-state index contributed by atoms with van der Waals surface area (Å²) in [6.07, 6.45) is -0.679. The molecule has 0 unspecified atom stereocenters. The Balaban J connectivity index is 1.61. The lowest BCUT2D eigenvalue weighted by Crippen LogP contribution is -2.37. The van der Waals surface area contributed by atoms with Crippen LogP contribution in [0.1, 0.15) is 18.0 Å². The van der Waals surface area contributed by atoms with Crippen LogP contribution in [-0.2, 0) is 20.8 Å². The molecule has 2 bridgehead atoms. The number of Topliss-reactive ketones (excluding diaryl/α,β-unsaturated/α-hetero) is 1. The second kappa shape index (κ2) is 7.50. The quantitative estimate of drug-likeness (QED) is 0.588. The Morgan fingerprint density at radius 2 is 1.90 bits per heavy atom. The zero-order chi connectivity index (χ0) is 20.0. The van der Waals surface area contributed by atoms with Crippen molar-refractivity contribution in [3.63, 3.8) is 0 Å². The molecule has 5 rings (SSSR count). The number of ether oxygens (including phenoxy) is 2. The average Bonchev–Trinajstić information content (AvgIpc) is 3.30. The monoisotopic (exact) mass is 427 g/mol. The van der Waals surface area contributed by atoms with Crippen molar-refractivity contribution < 1.29 is 14.3 Å². The van der Waals surface area contributed by atoms with Gasteiger partial charge in [0.15, 0.2) is 16.4 Å². The van der Waals surface area contributed by atoms with Crippen molar-refractivity contribution in [2.45, 2.75) is 31.4 Å². The van der Waals surface area contributed by atoms with Gasteiger partial charge in [-0.3, -0.25) is 9.36 Å². The van der Waals surface area contributed by atoms with Crippen molar-refractivity contribution in [3.05, 3.63) is 70.0 Å². The van der Waals surface area contributed by atoms with E-state index in [1.165, 1.54) is 0 Å². The van der Waals surface area contributed by atoms with E-state index in [4.69, 9.17) is 38.4 Å². The second-order valence-corrected chi connectivity index (χ2v) is 8.01. The van der Waals surface area contributed by atoms with Crippen LogP contribution in [-0.4, -0.2) is 39.1 Å². The van der Waals surface area contributed by atoms with Crippen molar-refractivity contribution >= 4 is 29.6 Å². The number of nitrogens with zero attached hydrogens (tertiary/aromatic N) is 3. The molecule has 0 N–H and O–H groups in total. The van der Waals surface area contributed by atoms with Crippen molar-refractivity contribution in [1.82, 2.24) is 14.3 Å². The second-order valence-electron chi connectivity index (χ2n) is 7.21. The molecule has 0 radical (unpaired) electrons. The molecule has 0 amide bonds. The maximum Gasteiger partial charge on any atom is 0.218 e. The molecule has 3 heterocycles. The third-order valence-corrected chi connectivity index (χ3v) is 5.96. The summed E-state index contributed by atoms with van der Waals surface area (Å²) >= 11 is 11.9. The molecule has 29 heavy (non-hydrogen) atoms. The van der Waals surface area contributed by atoms with Gasteiger partial charge in [0, 0.05) is 17.0 Å². The van der Waals surface area contributed by atoms with E-state index in [9.17, 15) is 4.79 Å². The average molecular weight is 428 g/mol. The van der Waals surface area contributed by atoms with Gasteiger partial charge >= 0.3 is 0 Å². The van der Waals surface area contributed by atoms with Crippen LogP contribution in [0.3, 0.4) is 0 Å². The maximum atomic E-state index is 12.3. The number of ketones is 1. The predicted octanol–water partition coefficient (Wildman–Crippen LogP) is 4.04. The van der Waals surface area contributed by atoms with E-state index < -0.39 is 6.29 Å². The Kier molecular flexibility index (Phi) is 4.83. The smallest absolute Gasteiger partial charge is 0.218 e. The van der Waals surface area contributed by atoms with E-state index in [1.807, 2.05) is 59.2 Å². The molecule has 8 heteroatoms. The molecule has 3 aromatic rings. The first-order valence-corrected chi connectivity index (χ1v) is 10.2. The summed E-state index contributed by atoms with van der Waals surface area (Å²) in [5.41, 5.74) is 2.01. The molecule has 0 spiro atoms. The number of hydrogen-bond acceptors (Lipinski definition) is 5. The van der Waals surface area contributed by atoms with E-state index in [0.29, 0.717) is 29.4 Å². The lowest BCUT2D eigenvalue weighted by molar-refractivity contribution is -0.156. The minimum Gasteiger partial charge on any atom is -0.343 e. The molecule has 2 fully saturated rings. The molecule has 0 aliphatic carbocycles. The Morgan fingerprint density at radius 3 is 2.66 bits per heavy atom. The summed E-state index contributed by atoms with van der Waals surface area (Å²) in [4.78, 5) is 12.3. The highest BCUT2D eigenvalue weighted by Gasteiger charge is 2.45. The lowest BCUT2D eigenvalue weighted by atomic mass is 10.0. The number of carbonyl (C=O) groups excluding carboxylic acids is 1. The summed E-state index contributed by atoms with van der Waals surface area (Å²) < 4.78 is 15.4. The van der Waals surface area contributed by atoms with Gasteiger partial charge in [-0.25, -0.2) is 4.68 Å². The molecule has 0 saturated carbocycles. The van der Waals surface area contributed by atoms with Gasteiger partial charge in [-0.15, -0.1) is 0 Å². The zero-order valence-electron chi connectivity index (χ0n) is 15.4.